The van der Waals surface area contributed by atoms with Crippen molar-refractivity contribution in [2.75, 3.05) is 43.4 Å². The van der Waals surface area contributed by atoms with Crippen LogP contribution in [0.5, 0.6) is 0 Å². The van der Waals surface area contributed by atoms with Crippen LogP contribution < -0.4 is 10.6 Å². The molecule has 7 nitrogen and oxygen atoms in total. The number of fused-ring (bicyclic) bond motifs is 1. The fourth-order valence-corrected chi connectivity index (χ4v) is 3.39. The quantitative estimate of drug-likeness (QED) is 0.789. The molecule has 3 rings (SSSR count). The van der Waals surface area contributed by atoms with Crippen molar-refractivity contribution < 1.29 is 14.7 Å². The fraction of sp³-hybridized carbons (Fsp3) is 0.500. The molecule has 2 aliphatic rings. The molecule has 0 aromatic heterocycles. The van der Waals surface area contributed by atoms with Crippen LogP contribution in [0.2, 0.25) is 0 Å². The number of nitrogens with two attached hydrogens (primary N) is 1. The molecule has 1 aromatic rings. The van der Waals surface area contributed by atoms with Crippen molar-refractivity contribution in [2.45, 2.75) is 19.4 Å². The van der Waals surface area contributed by atoms with Gasteiger partial charge in [-0.25, -0.2) is 4.79 Å². The molecule has 2 aliphatic heterocycles. The molecule has 0 saturated carbocycles. The van der Waals surface area contributed by atoms with Gasteiger partial charge in [0.1, 0.15) is 0 Å². The summed E-state index contributed by atoms with van der Waals surface area (Å²) < 4.78 is 0. The number of rotatable bonds is 2. The average Bonchev–Trinajstić information content (AvgIpc) is 2.89. The lowest BCUT2D eigenvalue weighted by Crippen LogP contribution is -2.55. The van der Waals surface area contributed by atoms with Gasteiger partial charge >= 0.3 is 6.09 Å². The van der Waals surface area contributed by atoms with Crippen LogP contribution in [0.25, 0.3) is 0 Å². The minimum Gasteiger partial charge on any atom is -0.465 e. The number of carboxylic acid groups (broad SMARTS) is 1. The topological polar surface area (TPSA) is 90.1 Å². The Morgan fingerprint density at radius 2 is 2.09 bits per heavy atom. The van der Waals surface area contributed by atoms with E-state index in [1.165, 1.54) is 4.90 Å². The van der Waals surface area contributed by atoms with Crippen LogP contribution in [-0.4, -0.2) is 65.7 Å². The van der Waals surface area contributed by atoms with Gasteiger partial charge in [0, 0.05) is 43.6 Å². The molecule has 2 heterocycles. The Kier molecular flexibility index (Phi) is 4.12. The lowest BCUT2D eigenvalue weighted by atomic mass is 10.1. The molecule has 124 valence electrons. The smallest absolute Gasteiger partial charge is 0.407 e. The SMILES string of the molecule is CC1CN(CC(=O)N2CCc3ccc(N)cc32)CCN1C(=O)O. The molecule has 0 bridgehead atoms. The molecular weight excluding hydrogens is 296 g/mol. The third kappa shape index (κ3) is 3.10. The van der Waals surface area contributed by atoms with E-state index in [-0.39, 0.29) is 11.9 Å². The number of benzene rings is 1. The van der Waals surface area contributed by atoms with Crippen LogP contribution in [0.4, 0.5) is 16.2 Å². The Bertz CT molecular complexity index is 634. The van der Waals surface area contributed by atoms with Crippen LogP contribution >= 0.6 is 0 Å². The first kappa shape index (κ1) is 15.6. The van der Waals surface area contributed by atoms with Crippen molar-refractivity contribution in [3.05, 3.63) is 23.8 Å². The number of nitrogens with zero attached hydrogens (tertiary/aromatic N) is 3. The minimum atomic E-state index is -0.896. The van der Waals surface area contributed by atoms with Crippen LogP contribution in [0.3, 0.4) is 0 Å². The van der Waals surface area contributed by atoms with Gasteiger partial charge in [-0.2, -0.15) is 0 Å². The zero-order chi connectivity index (χ0) is 16.6. The van der Waals surface area contributed by atoms with E-state index in [2.05, 4.69) is 0 Å². The maximum atomic E-state index is 12.6. The summed E-state index contributed by atoms with van der Waals surface area (Å²) in [5.74, 6) is 0.0466. The first-order valence-corrected chi connectivity index (χ1v) is 7.86. The number of hydrogen-bond donors (Lipinski definition) is 2. The monoisotopic (exact) mass is 318 g/mol. The van der Waals surface area contributed by atoms with Gasteiger partial charge in [-0.15, -0.1) is 0 Å². The van der Waals surface area contributed by atoms with Crippen LogP contribution in [0, 0.1) is 0 Å². The molecule has 7 heteroatoms. The fourth-order valence-electron chi connectivity index (χ4n) is 3.39. The second kappa shape index (κ2) is 6.08. The Balaban J connectivity index is 1.63. The maximum Gasteiger partial charge on any atom is 0.407 e. The zero-order valence-electron chi connectivity index (χ0n) is 13.2. The highest BCUT2D eigenvalue weighted by Gasteiger charge is 2.30. The van der Waals surface area contributed by atoms with E-state index in [0.717, 1.165) is 17.7 Å². The Morgan fingerprint density at radius 3 is 2.78 bits per heavy atom. The first-order valence-electron chi connectivity index (χ1n) is 7.86. The standard InChI is InChI=1S/C16H22N4O3/c1-11-9-18(6-7-19(11)16(22)23)10-15(21)20-5-4-12-2-3-13(17)8-14(12)20/h2-3,8,11H,4-7,9-10,17H2,1H3,(H,22,23). The van der Waals surface area contributed by atoms with Crippen LogP contribution in [0.15, 0.2) is 18.2 Å². The summed E-state index contributed by atoms with van der Waals surface area (Å²) in [6.07, 6.45) is -0.0442. The number of hydrogen-bond acceptors (Lipinski definition) is 4. The molecule has 0 radical (unpaired) electrons. The highest BCUT2D eigenvalue weighted by molar-refractivity contribution is 5.97. The number of amides is 2. The van der Waals surface area contributed by atoms with E-state index in [0.29, 0.717) is 38.4 Å². The first-order chi connectivity index (χ1) is 11.0. The predicted octanol–water partition coefficient (Wildman–Crippen LogP) is 0.842. The van der Waals surface area contributed by atoms with Gasteiger partial charge in [0.15, 0.2) is 0 Å². The highest BCUT2D eigenvalue weighted by Crippen LogP contribution is 2.30. The molecule has 1 aromatic carbocycles. The van der Waals surface area contributed by atoms with E-state index in [9.17, 15) is 9.59 Å². The Labute approximate surface area is 135 Å². The summed E-state index contributed by atoms with van der Waals surface area (Å²) in [6, 6.07) is 5.59. The third-order valence-electron chi connectivity index (χ3n) is 4.62. The molecular formula is C16H22N4O3. The van der Waals surface area contributed by atoms with Crippen molar-refractivity contribution in [3.63, 3.8) is 0 Å². The summed E-state index contributed by atoms with van der Waals surface area (Å²) in [4.78, 5) is 29.0. The number of nitrogen functional groups attached to an aromatic ring is 1. The van der Waals surface area contributed by atoms with Gasteiger partial charge in [0.25, 0.3) is 0 Å². The van der Waals surface area contributed by atoms with E-state index in [1.54, 1.807) is 4.90 Å². The number of carbonyl (C=O) groups excluding carboxylic acids is 1. The average molecular weight is 318 g/mol. The molecule has 1 saturated heterocycles. The number of carbonyl (C=O) groups is 2. The Morgan fingerprint density at radius 1 is 1.30 bits per heavy atom. The summed E-state index contributed by atoms with van der Waals surface area (Å²) >= 11 is 0. The summed E-state index contributed by atoms with van der Waals surface area (Å²) in [6.45, 7) is 4.47. The molecule has 1 unspecified atom stereocenters. The van der Waals surface area contributed by atoms with Crippen molar-refractivity contribution >= 4 is 23.4 Å². The molecule has 1 fully saturated rings. The lowest BCUT2D eigenvalue weighted by Gasteiger charge is -2.38. The lowest BCUT2D eigenvalue weighted by molar-refractivity contribution is -0.120. The second-order valence-electron chi connectivity index (χ2n) is 6.24. The van der Waals surface area contributed by atoms with Crippen LogP contribution in [-0.2, 0) is 11.2 Å². The molecule has 23 heavy (non-hydrogen) atoms. The summed E-state index contributed by atoms with van der Waals surface area (Å²) in [5.41, 5.74) is 8.55. The van der Waals surface area contributed by atoms with Gasteiger partial charge in [0.05, 0.1) is 6.54 Å². The predicted molar refractivity (Wildman–Crippen MR) is 87.5 cm³/mol. The number of anilines is 2. The summed E-state index contributed by atoms with van der Waals surface area (Å²) in [5, 5.41) is 9.11. The summed E-state index contributed by atoms with van der Waals surface area (Å²) in [7, 11) is 0. The van der Waals surface area contributed by atoms with E-state index < -0.39 is 6.09 Å². The second-order valence-corrected chi connectivity index (χ2v) is 6.24. The zero-order valence-corrected chi connectivity index (χ0v) is 13.2. The number of piperazine rings is 1. The van der Waals surface area contributed by atoms with Gasteiger partial charge < -0.3 is 20.6 Å². The van der Waals surface area contributed by atoms with E-state index in [1.807, 2.05) is 30.0 Å². The molecule has 0 spiro atoms. The van der Waals surface area contributed by atoms with Gasteiger partial charge in [0.2, 0.25) is 5.91 Å². The molecule has 1 atom stereocenters. The Hall–Kier alpha value is -2.28. The largest absolute Gasteiger partial charge is 0.465 e. The minimum absolute atomic E-state index is 0.0466. The van der Waals surface area contributed by atoms with Gasteiger partial charge in [-0.1, -0.05) is 6.07 Å². The van der Waals surface area contributed by atoms with Crippen LogP contribution in [0.1, 0.15) is 12.5 Å². The van der Waals surface area contributed by atoms with Crippen molar-refractivity contribution in [3.8, 4) is 0 Å². The van der Waals surface area contributed by atoms with Crippen molar-refractivity contribution in [2.24, 2.45) is 0 Å². The normalized spacial score (nSPS) is 21.3. The van der Waals surface area contributed by atoms with Crippen molar-refractivity contribution in [1.82, 2.24) is 9.80 Å². The molecule has 0 aliphatic carbocycles. The van der Waals surface area contributed by atoms with E-state index >= 15 is 0 Å². The van der Waals surface area contributed by atoms with Gasteiger partial charge in [-0.3, -0.25) is 9.69 Å². The third-order valence-corrected chi connectivity index (χ3v) is 4.62. The molecule has 3 N–H and O–H groups in total. The molecule has 2 amide bonds. The van der Waals surface area contributed by atoms with E-state index in [4.69, 9.17) is 10.8 Å². The van der Waals surface area contributed by atoms with Gasteiger partial charge in [-0.05, 0) is 31.0 Å². The maximum absolute atomic E-state index is 12.6. The van der Waals surface area contributed by atoms with Crippen molar-refractivity contribution in [1.29, 1.82) is 0 Å². The highest BCUT2D eigenvalue weighted by atomic mass is 16.4.